The molecule has 0 amide bonds. The van der Waals surface area contributed by atoms with Crippen LogP contribution in [0.5, 0.6) is 0 Å². The average Bonchev–Trinajstić information content (AvgIpc) is 2.53. The van der Waals surface area contributed by atoms with Crippen LogP contribution >= 0.6 is 0 Å². The van der Waals surface area contributed by atoms with Gasteiger partial charge in [0, 0.05) is 17.1 Å². The molecule has 0 saturated heterocycles. The monoisotopic (exact) mass is 291 g/mol. The zero-order valence-electron chi connectivity index (χ0n) is 11.6. The third-order valence-corrected chi connectivity index (χ3v) is 3.35. The highest BCUT2D eigenvalue weighted by atomic mass is 16.6. The van der Waals surface area contributed by atoms with Gasteiger partial charge in [0.2, 0.25) is 0 Å². The van der Waals surface area contributed by atoms with E-state index in [4.69, 9.17) is 5.73 Å². The third kappa shape index (κ3) is 2.64. The Balaban J connectivity index is 2.04. The predicted molar refractivity (Wildman–Crippen MR) is 88.2 cm³/mol. The number of non-ortho nitro benzene ring substituents is 1. The number of nitro groups is 1. The Morgan fingerprint density at radius 3 is 2.59 bits per heavy atom. The summed E-state index contributed by atoms with van der Waals surface area (Å²) in [4.78, 5) is 15.0. The van der Waals surface area contributed by atoms with Crippen LogP contribution in [0.15, 0.2) is 54.6 Å². The van der Waals surface area contributed by atoms with E-state index in [2.05, 4.69) is 4.98 Å². The van der Waals surface area contributed by atoms with E-state index in [1.165, 1.54) is 6.07 Å². The van der Waals surface area contributed by atoms with Gasteiger partial charge in [-0.15, -0.1) is 0 Å². The Kier molecular flexibility index (Phi) is 3.53. The zero-order valence-corrected chi connectivity index (χ0v) is 11.6. The minimum Gasteiger partial charge on any atom is -0.398 e. The van der Waals surface area contributed by atoms with Crippen molar-refractivity contribution in [3.8, 4) is 0 Å². The normalized spacial score (nSPS) is 11.1. The van der Waals surface area contributed by atoms with E-state index in [1.54, 1.807) is 18.2 Å². The molecular formula is C17H13N3O2. The maximum atomic E-state index is 11.1. The quantitative estimate of drug-likeness (QED) is 0.451. The summed E-state index contributed by atoms with van der Waals surface area (Å²) in [5, 5.41) is 11.8. The minimum absolute atomic E-state index is 0.00646. The maximum Gasteiger partial charge on any atom is 0.295 e. The number of hydrogen-bond donors (Lipinski definition) is 1. The topological polar surface area (TPSA) is 82.0 Å². The van der Waals surface area contributed by atoms with Crippen LogP contribution in [0.2, 0.25) is 0 Å². The Labute approximate surface area is 126 Å². The Morgan fingerprint density at radius 1 is 1.00 bits per heavy atom. The first-order valence-electron chi connectivity index (χ1n) is 6.72. The first kappa shape index (κ1) is 13.8. The predicted octanol–water partition coefficient (Wildman–Crippen LogP) is 3.90. The molecule has 0 bridgehead atoms. The molecule has 0 spiro atoms. The number of fused-ring (bicyclic) bond motifs is 1. The standard InChI is InChI=1S/C17H13N3O2/c18-15-6-2-1-4-12(15)8-10-14-11-9-13-5-3-7-16(20(21)22)17(13)19-14/h1-11H,18H2/b10-8+. The van der Waals surface area contributed by atoms with Crippen LogP contribution in [-0.4, -0.2) is 9.91 Å². The van der Waals surface area contributed by atoms with Crippen LogP contribution in [-0.2, 0) is 0 Å². The molecule has 3 rings (SSSR count). The lowest BCUT2D eigenvalue weighted by Crippen LogP contribution is -1.92. The lowest BCUT2D eigenvalue weighted by Gasteiger charge is -2.01. The number of nitrogens with two attached hydrogens (primary N) is 1. The first-order valence-corrected chi connectivity index (χ1v) is 6.72. The number of nitrogen functional groups attached to an aromatic ring is 1. The molecule has 2 N–H and O–H groups in total. The maximum absolute atomic E-state index is 11.1. The molecule has 22 heavy (non-hydrogen) atoms. The van der Waals surface area contributed by atoms with E-state index in [-0.39, 0.29) is 5.69 Å². The van der Waals surface area contributed by atoms with Gasteiger partial charge in [0.15, 0.2) is 0 Å². The molecule has 108 valence electrons. The van der Waals surface area contributed by atoms with E-state index >= 15 is 0 Å². The molecule has 5 nitrogen and oxygen atoms in total. The summed E-state index contributed by atoms with van der Waals surface area (Å²) in [6, 6.07) is 16.0. The number of para-hydroxylation sites is 2. The number of aromatic nitrogens is 1. The number of nitrogens with zero attached hydrogens (tertiary/aromatic N) is 2. The lowest BCUT2D eigenvalue weighted by atomic mass is 10.1. The van der Waals surface area contributed by atoms with E-state index in [1.807, 2.05) is 42.5 Å². The molecule has 0 fully saturated rings. The summed E-state index contributed by atoms with van der Waals surface area (Å²) in [5.41, 5.74) is 8.47. The Bertz CT molecular complexity index is 888. The fourth-order valence-electron chi connectivity index (χ4n) is 2.22. The number of rotatable bonds is 3. The number of hydrogen-bond acceptors (Lipinski definition) is 4. The van der Waals surface area contributed by atoms with E-state index < -0.39 is 4.92 Å². The summed E-state index contributed by atoms with van der Waals surface area (Å²) in [7, 11) is 0. The number of benzene rings is 2. The fourth-order valence-corrected chi connectivity index (χ4v) is 2.22. The summed E-state index contributed by atoms with van der Waals surface area (Å²) in [6.45, 7) is 0. The highest BCUT2D eigenvalue weighted by Gasteiger charge is 2.12. The zero-order chi connectivity index (χ0) is 15.5. The molecule has 3 aromatic rings. The van der Waals surface area contributed by atoms with Crippen molar-refractivity contribution < 1.29 is 4.92 Å². The van der Waals surface area contributed by atoms with E-state index in [9.17, 15) is 10.1 Å². The van der Waals surface area contributed by atoms with Gasteiger partial charge in [0.1, 0.15) is 5.52 Å². The third-order valence-electron chi connectivity index (χ3n) is 3.35. The van der Waals surface area contributed by atoms with Crippen LogP contribution in [0, 0.1) is 10.1 Å². The summed E-state index contributed by atoms with van der Waals surface area (Å²) in [5.74, 6) is 0. The van der Waals surface area contributed by atoms with Crippen molar-refractivity contribution in [3.63, 3.8) is 0 Å². The molecule has 5 heteroatoms. The van der Waals surface area contributed by atoms with Gasteiger partial charge in [-0.25, -0.2) is 4.98 Å². The van der Waals surface area contributed by atoms with Gasteiger partial charge in [-0.1, -0.05) is 42.5 Å². The SMILES string of the molecule is Nc1ccccc1/C=C/c1ccc2cccc([N+](=O)[O-])c2n1. The number of pyridine rings is 1. The molecule has 0 radical (unpaired) electrons. The minimum atomic E-state index is -0.419. The van der Waals surface area contributed by atoms with E-state index in [0.717, 1.165) is 10.9 Å². The number of anilines is 1. The van der Waals surface area contributed by atoms with Gasteiger partial charge in [-0.05, 0) is 23.8 Å². The van der Waals surface area contributed by atoms with Gasteiger partial charge < -0.3 is 5.73 Å². The molecule has 2 aromatic carbocycles. The Hall–Kier alpha value is -3.21. The van der Waals surface area contributed by atoms with Gasteiger partial charge in [-0.3, -0.25) is 10.1 Å². The van der Waals surface area contributed by atoms with Crippen LogP contribution in [0.4, 0.5) is 11.4 Å². The van der Waals surface area contributed by atoms with Crippen LogP contribution in [0.3, 0.4) is 0 Å². The van der Waals surface area contributed by atoms with Crippen molar-refractivity contribution >= 4 is 34.4 Å². The second-order valence-corrected chi connectivity index (χ2v) is 4.80. The lowest BCUT2D eigenvalue weighted by molar-refractivity contribution is -0.383. The van der Waals surface area contributed by atoms with Crippen LogP contribution < -0.4 is 5.73 Å². The highest BCUT2D eigenvalue weighted by molar-refractivity contribution is 5.88. The molecule has 0 unspecified atom stereocenters. The van der Waals surface area contributed by atoms with Crippen molar-refractivity contribution in [3.05, 3.63) is 76.0 Å². The molecule has 1 aromatic heterocycles. The molecular weight excluding hydrogens is 278 g/mol. The van der Waals surface area contributed by atoms with Crippen molar-refractivity contribution in [1.29, 1.82) is 0 Å². The highest BCUT2D eigenvalue weighted by Crippen LogP contribution is 2.24. The molecule has 0 saturated carbocycles. The largest absolute Gasteiger partial charge is 0.398 e. The molecule has 0 aliphatic heterocycles. The number of nitro benzene ring substituents is 1. The van der Waals surface area contributed by atoms with Crippen molar-refractivity contribution in [2.45, 2.75) is 0 Å². The second-order valence-electron chi connectivity index (χ2n) is 4.80. The first-order chi connectivity index (χ1) is 10.6. The van der Waals surface area contributed by atoms with Gasteiger partial charge >= 0.3 is 0 Å². The summed E-state index contributed by atoms with van der Waals surface area (Å²) < 4.78 is 0. The van der Waals surface area contributed by atoms with Crippen LogP contribution in [0.1, 0.15) is 11.3 Å². The molecule has 1 heterocycles. The van der Waals surface area contributed by atoms with E-state index in [0.29, 0.717) is 16.9 Å². The molecule has 0 atom stereocenters. The smallest absolute Gasteiger partial charge is 0.295 e. The van der Waals surface area contributed by atoms with Crippen molar-refractivity contribution in [2.24, 2.45) is 0 Å². The molecule has 0 aliphatic carbocycles. The van der Waals surface area contributed by atoms with Gasteiger partial charge in [0.05, 0.1) is 10.6 Å². The fraction of sp³-hybridized carbons (Fsp3) is 0. The van der Waals surface area contributed by atoms with Gasteiger partial charge in [0.25, 0.3) is 5.69 Å². The van der Waals surface area contributed by atoms with Crippen LogP contribution in [0.25, 0.3) is 23.1 Å². The van der Waals surface area contributed by atoms with Gasteiger partial charge in [-0.2, -0.15) is 0 Å². The summed E-state index contributed by atoms with van der Waals surface area (Å²) in [6.07, 6.45) is 3.64. The average molecular weight is 291 g/mol. The Morgan fingerprint density at radius 2 is 1.82 bits per heavy atom. The van der Waals surface area contributed by atoms with Crippen molar-refractivity contribution in [1.82, 2.24) is 4.98 Å². The summed E-state index contributed by atoms with van der Waals surface area (Å²) >= 11 is 0. The van der Waals surface area contributed by atoms with Crippen molar-refractivity contribution in [2.75, 3.05) is 5.73 Å². The second kappa shape index (κ2) is 5.65. The molecule has 0 aliphatic rings.